The summed E-state index contributed by atoms with van der Waals surface area (Å²) in [5.74, 6) is 1.35. The lowest BCUT2D eigenvalue weighted by molar-refractivity contribution is 0.0961. The van der Waals surface area contributed by atoms with Crippen LogP contribution < -0.4 is 4.90 Å². The Labute approximate surface area is 170 Å². The summed E-state index contributed by atoms with van der Waals surface area (Å²) in [6.45, 7) is 8.13. The molecule has 0 bridgehead atoms. The molecule has 3 heterocycles. The van der Waals surface area contributed by atoms with Crippen LogP contribution in [0.2, 0.25) is 0 Å². The largest absolute Gasteiger partial charge is 0.367 e. The maximum absolute atomic E-state index is 12.9. The van der Waals surface area contributed by atoms with E-state index in [9.17, 15) is 4.57 Å². The minimum Gasteiger partial charge on any atom is -0.367 e. The molecule has 3 aromatic rings. The first kappa shape index (κ1) is 21.7. The number of nitrogens with zero attached hydrogens (tertiary/aromatic N) is 6. The molecule has 0 aliphatic rings. The summed E-state index contributed by atoms with van der Waals surface area (Å²) in [6.07, 6.45) is 4.78. The normalized spacial score (nSPS) is 12.7. The third-order valence-electron chi connectivity index (χ3n) is 3.97. The van der Waals surface area contributed by atoms with E-state index < -0.39 is 7.60 Å². The summed E-state index contributed by atoms with van der Waals surface area (Å²) in [5.41, 5.74) is 1.65. The van der Waals surface area contributed by atoms with Gasteiger partial charge in [-0.3, -0.25) is 8.97 Å². The Morgan fingerprint density at radius 1 is 1.14 bits per heavy atom. The van der Waals surface area contributed by atoms with E-state index >= 15 is 0 Å². The fourth-order valence-corrected chi connectivity index (χ4v) is 4.83. The Morgan fingerprint density at radius 3 is 2.45 bits per heavy atom. The van der Waals surface area contributed by atoms with Gasteiger partial charge in [0.15, 0.2) is 11.5 Å². The quantitative estimate of drug-likeness (QED) is 0.362. The van der Waals surface area contributed by atoms with Crippen LogP contribution in [0.3, 0.4) is 0 Å². The molecule has 0 radical (unpaired) electrons. The van der Waals surface area contributed by atoms with Crippen molar-refractivity contribution in [3.05, 3.63) is 18.7 Å². The van der Waals surface area contributed by atoms with Crippen molar-refractivity contribution in [1.82, 2.24) is 23.9 Å². The summed E-state index contributed by atoms with van der Waals surface area (Å²) in [5, 5.41) is 0. The highest BCUT2D eigenvalue weighted by Crippen LogP contribution is 2.50. The fourth-order valence-electron chi connectivity index (χ4n) is 3.02. The predicted molar refractivity (Wildman–Crippen MR) is 111 cm³/mol. The Balaban J connectivity index is 1.75. The van der Waals surface area contributed by atoms with Crippen molar-refractivity contribution in [1.29, 1.82) is 0 Å². The summed E-state index contributed by atoms with van der Waals surface area (Å²) in [6, 6.07) is 0. The number of ether oxygens (including phenoxy) is 1. The zero-order chi connectivity index (χ0) is 21.2. The third kappa shape index (κ3) is 4.95. The second-order valence-electron chi connectivity index (χ2n) is 7.49. The number of hydrogen-bond donors (Lipinski definition) is 0. The van der Waals surface area contributed by atoms with Crippen LogP contribution in [-0.4, -0.2) is 63.2 Å². The molecule has 0 aliphatic heterocycles. The van der Waals surface area contributed by atoms with Gasteiger partial charge >= 0.3 is 7.60 Å². The molecule has 0 saturated carbocycles. The highest BCUT2D eigenvalue weighted by molar-refractivity contribution is 7.53. The molecule has 160 valence electrons. The SMILES string of the molecule is CC(C)OP(=O)(COCCn1cnc2c(N(C)C)nc3nccn3c21)OC(C)C. The molecular formula is C18H29N6O4P. The Kier molecular flexibility index (Phi) is 6.58. The summed E-state index contributed by atoms with van der Waals surface area (Å²) < 4.78 is 33.4. The van der Waals surface area contributed by atoms with Crippen LogP contribution >= 0.6 is 7.60 Å². The Hall–Kier alpha value is -2.00. The van der Waals surface area contributed by atoms with Crippen LogP contribution in [-0.2, 0) is 24.9 Å². The topological polar surface area (TPSA) is 96.0 Å². The predicted octanol–water partition coefficient (Wildman–Crippen LogP) is 3.16. The number of imidazole rings is 2. The minimum absolute atomic E-state index is 0.0963. The molecule has 10 nitrogen and oxygen atoms in total. The lowest BCUT2D eigenvalue weighted by Gasteiger charge is -2.22. The number of aromatic nitrogens is 5. The van der Waals surface area contributed by atoms with Crippen molar-refractivity contribution >= 4 is 30.4 Å². The van der Waals surface area contributed by atoms with Gasteiger partial charge in [-0.05, 0) is 27.7 Å². The van der Waals surface area contributed by atoms with Gasteiger partial charge in [-0.2, -0.15) is 4.98 Å². The van der Waals surface area contributed by atoms with E-state index in [0.717, 1.165) is 17.0 Å². The van der Waals surface area contributed by atoms with Gasteiger partial charge in [0.1, 0.15) is 11.9 Å². The molecule has 0 amide bonds. The number of anilines is 1. The molecule has 0 fully saturated rings. The van der Waals surface area contributed by atoms with E-state index in [-0.39, 0.29) is 18.6 Å². The maximum Gasteiger partial charge on any atom is 0.356 e. The van der Waals surface area contributed by atoms with Gasteiger partial charge in [0.2, 0.25) is 5.78 Å². The third-order valence-corrected chi connectivity index (χ3v) is 5.95. The fraction of sp³-hybridized carbons (Fsp3) is 0.611. The van der Waals surface area contributed by atoms with E-state index in [4.69, 9.17) is 13.8 Å². The van der Waals surface area contributed by atoms with E-state index in [1.54, 1.807) is 12.5 Å². The Bertz CT molecular complexity index is 999. The highest BCUT2D eigenvalue weighted by Gasteiger charge is 2.28. The van der Waals surface area contributed by atoms with Crippen molar-refractivity contribution in [3.8, 4) is 0 Å². The molecule has 0 atom stereocenters. The van der Waals surface area contributed by atoms with Crippen molar-refractivity contribution in [2.45, 2.75) is 46.4 Å². The lowest BCUT2D eigenvalue weighted by atomic mass is 10.4. The van der Waals surface area contributed by atoms with E-state index in [0.29, 0.717) is 18.9 Å². The van der Waals surface area contributed by atoms with Crippen LogP contribution in [0.25, 0.3) is 16.9 Å². The number of hydrogen-bond acceptors (Lipinski definition) is 8. The Morgan fingerprint density at radius 2 is 1.83 bits per heavy atom. The lowest BCUT2D eigenvalue weighted by Crippen LogP contribution is -2.14. The van der Waals surface area contributed by atoms with Crippen molar-refractivity contribution in [2.75, 3.05) is 32.0 Å². The van der Waals surface area contributed by atoms with Gasteiger partial charge in [0.05, 0.1) is 25.1 Å². The zero-order valence-electron chi connectivity index (χ0n) is 17.8. The molecule has 0 saturated heterocycles. The van der Waals surface area contributed by atoms with Crippen LogP contribution in [0.5, 0.6) is 0 Å². The molecule has 0 unspecified atom stereocenters. The van der Waals surface area contributed by atoms with Crippen LogP contribution in [0, 0.1) is 0 Å². The molecule has 0 spiro atoms. The molecule has 0 N–H and O–H groups in total. The zero-order valence-corrected chi connectivity index (χ0v) is 18.7. The maximum atomic E-state index is 12.9. The molecule has 11 heteroatoms. The smallest absolute Gasteiger partial charge is 0.356 e. The van der Waals surface area contributed by atoms with Gasteiger partial charge in [-0.15, -0.1) is 0 Å². The molecule has 0 aromatic carbocycles. The highest BCUT2D eigenvalue weighted by atomic mass is 31.2. The molecule has 3 rings (SSSR count). The molecule has 3 aromatic heterocycles. The van der Waals surface area contributed by atoms with E-state index in [1.165, 1.54) is 0 Å². The van der Waals surface area contributed by atoms with Crippen molar-refractivity contribution < 1.29 is 18.3 Å². The van der Waals surface area contributed by atoms with Gasteiger partial charge in [0.25, 0.3) is 0 Å². The first-order valence-corrected chi connectivity index (χ1v) is 11.3. The summed E-state index contributed by atoms with van der Waals surface area (Å²) >= 11 is 0. The van der Waals surface area contributed by atoms with Gasteiger partial charge in [-0.1, -0.05) is 0 Å². The first-order valence-electron chi connectivity index (χ1n) is 9.59. The van der Waals surface area contributed by atoms with Crippen LogP contribution in [0.1, 0.15) is 27.7 Å². The second kappa shape index (κ2) is 8.79. The van der Waals surface area contributed by atoms with Crippen molar-refractivity contribution in [2.24, 2.45) is 0 Å². The summed E-state index contributed by atoms with van der Waals surface area (Å²) in [7, 11) is 0.527. The van der Waals surface area contributed by atoms with Gasteiger partial charge < -0.3 is 23.3 Å². The van der Waals surface area contributed by atoms with Gasteiger partial charge in [-0.25, -0.2) is 9.97 Å². The van der Waals surface area contributed by atoms with Crippen LogP contribution in [0.4, 0.5) is 5.82 Å². The standard InChI is InChI=1S/C18H29N6O4P/c1-13(2)27-29(25,28-14(3)4)12-26-10-9-23-11-20-15-16(22(5)6)21-18-19-7-8-24(18)17(15)23/h7-8,11,13-14H,9-10,12H2,1-6H3. The molecule has 29 heavy (non-hydrogen) atoms. The second-order valence-corrected chi connectivity index (χ2v) is 9.40. The summed E-state index contributed by atoms with van der Waals surface area (Å²) in [4.78, 5) is 15.3. The van der Waals surface area contributed by atoms with Crippen LogP contribution in [0.15, 0.2) is 18.7 Å². The molecule has 0 aliphatic carbocycles. The number of rotatable bonds is 10. The number of fused-ring (bicyclic) bond motifs is 3. The van der Waals surface area contributed by atoms with Crippen molar-refractivity contribution in [3.63, 3.8) is 0 Å². The average Bonchev–Trinajstić information content (AvgIpc) is 3.22. The monoisotopic (exact) mass is 424 g/mol. The first-order chi connectivity index (χ1) is 13.7. The average molecular weight is 424 g/mol. The van der Waals surface area contributed by atoms with E-state index in [1.807, 2.05) is 61.9 Å². The van der Waals surface area contributed by atoms with E-state index in [2.05, 4.69) is 15.0 Å². The minimum atomic E-state index is -3.32. The molecular weight excluding hydrogens is 395 g/mol. The van der Waals surface area contributed by atoms with Gasteiger partial charge in [0, 0.05) is 33.0 Å².